The number of aromatic nitrogens is 2. The van der Waals surface area contributed by atoms with Crippen molar-refractivity contribution in [2.24, 2.45) is 0 Å². The normalized spacial score (nSPS) is 11.8. The van der Waals surface area contributed by atoms with Crippen LogP contribution >= 0.6 is 0 Å². The second-order valence-corrected chi connectivity index (χ2v) is 7.07. The van der Waals surface area contributed by atoms with Gasteiger partial charge in [-0.25, -0.2) is 0 Å². The van der Waals surface area contributed by atoms with Gasteiger partial charge in [0.25, 0.3) is 0 Å². The highest BCUT2D eigenvalue weighted by atomic mass is 19.4. The number of alkyl halides is 3. The number of hydrogen-bond acceptors (Lipinski definition) is 3. The van der Waals surface area contributed by atoms with E-state index in [1.165, 1.54) is 18.2 Å². The van der Waals surface area contributed by atoms with Crippen molar-refractivity contribution in [1.82, 2.24) is 9.97 Å². The molecule has 6 heteroatoms. The molecule has 1 heterocycles. The fourth-order valence-electron chi connectivity index (χ4n) is 3.23. The fraction of sp³-hybridized carbons (Fsp3) is 0.0800. The van der Waals surface area contributed by atoms with Crippen LogP contribution in [0.15, 0.2) is 85.2 Å². The molecular formula is C25H17F3N2O. The lowest BCUT2D eigenvalue weighted by Crippen LogP contribution is -2.11. The van der Waals surface area contributed by atoms with Crippen molar-refractivity contribution in [2.75, 3.05) is 0 Å². The molecule has 0 radical (unpaired) electrons. The number of carbonyl (C=O) groups is 1. The van der Waals surface area contributed by atoms with Crippen LogP contribution < -0.4 is 0 Å². The highest BCUT2D eigenvalue weighted by Gasteiger charge is 2.27. The minimum atomic E-state index is -4.22. The number of fused-ring (bicyclic) bond motifs is 1. The molecule has 4 rings (SSSR count). The molecule has 0 atom stereocenters. The molecule has 0 spiro atoms. The number of allylic oxidation sites excluding steroid dienone is 1. The molecule has 0 saturated carbocycles. The van der Waals surface area contributed by atoms with Gasteiger partial charge in [0, 0.05) is 18.0 Å². The lowest BCUT2D eigenvalue weighted by atomic mass is 10.0. The average molecular weight is 418 g/mol. The van der Waals surface area contributed by atoms with Gasteiger partial charge in [-0.15, -0.1) is 0 Å². The monoisotopic (exact) mass is 418 g/mol. The molecule has 0 saturated heterocycles. The third-order valence-electron chi connectivity index (χ3n) is 4.78. The Kier molecular flexibility index (Phi) is 5.62. The average Bonchev–Trinajstić information content (AvgIpc) is 2.77. The smallest absolute Gasteiger partial charge is 0.289 e. The second kappa shape index (κ2) is 8.52. The van der Waals surface area contributed by atoms with Crippen LogP contribution in [0.2, 0.25) is 0 Å². The summed E-state index contributed by atoms with van der Waals surface area (Å²) in [6.45, 7) is 0. The first-order valence-corrected chi connectivity index (χ1v) is 9.57. The van der Waals surface area contributed by atoms with Crippen LogP contribution in [-0.2, 0) is 6.42 Å². The first kappa shape index (κ1) is 20.5. The van der Waals surface area contributed by atoms with E-state index in [4.69, 9.17) is 0 Å². The van der Waals surface area contributed by atoms with E-state index in [1.807, 2.05) is 18.2 Å². The minimum absolute atomic E-state index is 0.147. The fourth-order valence-corrected chi connectivity index (χ4v) is 3.23. The number of halogens is 3. The van der Waals surface area contributed by atoms with E-state index in [0.29, 0.717) is 5.56 Å². The summed E-state index contributed by atoms with van der Waals surface area (Å²) in [7, 11) is 0. The predicted octanol–water partition coefficient (Wildman–Crippen LogP) is 6.30. The van der Waals surface area contributed by atoms with Crippen LogP contribution in [0, 0.1) is 0 Å². The lowest BCUT2D eigenvalue weighted by Gasteiger charge is -2.08. The molecule has 0 aliphatic rings. The summed E-state index contributed by atoms with van der Waals surface area (Å²) in [6, 6.07) is 18.8. The number of rotatable bonds is 5. The van der Waals surface area contributed by atoms with Crippen LogP contribution in [0.25, 0.3) is 28.2 Å². The molecule has 0 aliphatic carbocycles. The van der Waals surface area contributed by atoms with Gasteiger partial charge in [0.2, 0.25) is 0 Å². The van der Waals surface area contributed by atoms with E-state index < -0.39 is 12.6 Å². The van der Waals surface area contributed by atoms with Crippen molar-refractivity contribution in [2.45, 2.75) is 12.6 Å². The summed E-state index contributed by atoms with van der Waals surface area (Å²) in [5, 5.41) is 0. The van der Waals surface area contributed by atoms with E-state index in [9.17, 15) is 18.0 Å². The SMILES string of the molecule is O=C(C=Cc1ccc2nccnc2c1)c1ccc(-c2ccc(CC(F)(F)F)cc2)cc1. The van der Waals surface area contributed by atoms with Crippen molar-refractivity contribution in [1.29, 1.82) is 0 Å². The van der Waals surface area contributed by atoms with Crippen LogP contribution in [0.5, 0.6) is 0 Å². The molecule has 0 fully saturated rings. The van der Waals surface area contributed by atoms with Gasteiger partial charge in [-0.05, 0) is 40.5 Å². The summed E-state index contributed by atoms with van der Waals surface area (Å²) in [5.74, 6) is -0.147. The number of nitrogens with zero attached hydrogens (tertiary/aromatic N) is 2. The molecule has 3 aromatic carbocycles. The second-order valence-electron chi connectivity index (χ2n) is 7.07. The Labute approximate surface area is 176 Å². The maximum atomic E-state index is 12.5. The molecular weight excluding hydrogens is 401 g/mol. The molecule has 3 nitrogen and oxygen atoms in total. The molecule has 0 aliphatic heterocycles. The first-order valence-electron chi connectivity index (χ1n) is 9.57. The first-order chi connectivity index (χ1) is 14.9. The van der Waals surface area contributed by atoms with Crippen LogP contribution in [0.1, 0.15) is 21.5 Å². The van der Waals surface area contributed by atoms with E-state index in [0.717, 1.165) is 27.7 Å². The minimum Gasteiger partial charge on any atom is -0.289 e. The molecule has 4 aromatic rings. The maximum Gasteiger partial charge on any atom is 0.393 e. The van der Waals surface area contributed by atoms with Gasteiger partial charge in [0.15, 0.2) is 5.78 Å². The maximum absolute atomic E-state index is 12.5. The summed E-state index contributed by atoms with van der Waals surface area (Å²) in [4.78, 5) is 21.0. The Morgan fingerprint density at radius 2 is 1.42 bits per heavy atom. The van der Waals surface area contributed by atoms with E-state index in [-0.39, 0.29) is 11.3 Å². The lowest BCUT2D eigenvalue weighted by molar-refractivity contribution is -0.127. The zero-order valence-electron chi connectivity index (χ0n) is 16.3. The Balaban J connectivity index is 1.45. The van der Waals surface area contributed by atoms with E-state index in [1.54, 1.807) is 54.9 Å². The van der Waals surface area contributed by atoms with Gasteiger partial charge < -0.3 is 0 Å². The zero-order valence-corrected chi connectivity index (χ0v) is 16.3. The van der Waals surface area contributed by atoms with Crippen molar-refractivity contribution in [3.05, 3.63) is 102 Å². The van der Waals surface area contributed by atoms with Crippen molar-refractivity contribution >= 4 is 22.9 Å². The van der Waals surface area contributed by atoms with Gasteiger partial charge in [0.1, 0.15) is 0 Å². The molecule has 1 aromatic heterocycles. The largest absolute Gasteiger partial charge is 0.393 e. The third-order valence-corrected chi connectivity index (χ3v) is 4.78. The molecule has 154 valence electrons. The van der Waals surface area contributed by atoms with E-state index >= 15 is 0 Å². The third kappa shape index (κ3) is 5.22. The van der Waals surface area contributed by atoms with Gasteiger partial charge in [-0.1, -0.05) is 60.7 Å². The molecule has 0 bridgehead atoms. The predicted molar refractivity (Wildman–Crippen MR) is 115 cm³/mol. The van der Waals surface area contributed by atoms with Gasteiger partial charge >= 0.3 is 6.18 Å². The van der Waals surface area contributed by atoms with Crippen molar-refractivity contribution in [3.63, 3.8) is 0 Å². The highest BCUT2D eigenvalue weighted by molar-refractivity contribution is 6.07. The van der Waals surface area contributed by atoms with Crippen LogP contribution in [-0.4, -0.2) is 21.9 Å². The Morgan fingerprint density at radius 1 is 0.806 bits per heavy atom. The summed E-state index contributed by atoms with van der Waals surface area (Å²) < 4.78 is 37.4. The molecule has 31 heavy (non-hydrogen) atoms. The molecule has 0 N–H and O–H groups in total. The number of benzene rings is 3. The zero-order chi connectivity index (χ0) is 21.8. The molecule has 0 amide bonds. The van der Waals surface area contributed by atoms with Gasteiger partial charge in [-0.2, -0.15) is 13.2 Å². The summed E-state index contributed by atoms with van der Waals surface area (Å²) in [5.41, 5.74) is 4.74. The number of carbonyl (C=O) groups excluding carboxylic acids is 1. The Bertz CT molecular complexity index is 1240. The van der Waals surface area contributed by atoms with Crippen molar-refractivity contribution < 1.29 is 18.0 Å². The van der Waals surface area contributed by atoms with Crippen molar-refractivity contribution in [3.8, 4) is 11.1 Å². The quantitative estimate of drug-likeness (QED) is 0.282. The van der Waals surface area contributed by atoms with Gasteiger partial charge in [-0.3, -0.25) is 14.8 Å². The Hall–Kier alpha value is -3.80. The highest BCUT2D eigenvalue weighted by Crippen LogP contribution is 2.25. The topological polar surface area (TPSA) is 42.9 Å². The summed E-state index contributed by atoms with van der Waals surface area (Å²) in [6.07, 6.45) is 1.30. The summed E-state index contributed by atoms with van der Waals surface area (Å²) >= 11 is 0. The Morgan fingerprint density at radius 3 is 2.06 bits per heavy atom. The van der Waals surface area contributed by atoms with E-state index in [2.05, 4.69) is 9.97 Å². The number of ketones is 1. The van der Waals surface area contributed by atoms with Crippen LogP contribution in [0.3, 0.4) is 0 Å². The molecule has 0 unspecified atom stereocenters. The van der Waals surface area contributed by atoms with Gasteiger partial charge in [0.05, 0.1) is 17.5 Å². The standard InChI is InChI=1S/C25H17F3N2O/c26-25(27,28)16-18-1-5-19(6-2-18)20-7-9-21(10-8-20)24(31)12-4-17-3-11-22-23(15-17)30-14-13-29-22/h1-15H,16H2. The van der Waals surface area contributed by atoms with Crippen LogP contribution in [0.4, 0.5) is 13.2 Å². The number of hydrogen-bond donors (Lipinski definition) is 0.